The lowest BCUT2D eigenvalue weighted by Gasteiger charge is -2.04. The van der Waals surface area contributed by atoms with Crippen molar-refractivity contribution in [3.63, 3.8) is 0 Å². The molecular formula is C11H13N3O2. The Morgan fingerprint density at radius 2 is 2.25 bits per heavy atom. The van der Waals surface area contributed by atoms with E-state index in [4.69, 9.17) is 15.0 Å². The second-order valence-corrected chi connectivity index (χ2v) is 3.33. The van der Waals surface area contributed by atoms with Gasteiger partial charge in [0.05, 0.1) is 12.8 Å². The summed E-state index contributed by atoms with van der Waals surface area (Å²) in [5.41, 5.74) is 7.14. The van der Waals surface area contributed by atoms with Crippen LogP contribution in [0.5, 0.6) is 5.75 Å². The number of hydrogen-bond donors (Lipinski definition) is 1. The summed E-state index contributed by atoms with van der Waals surface area (Å²) in [5, 5.41) is 3.83. The lowest BCUT2D eigenvalue weighted by atomic mass is 10.2. The number of hydrogen-bond acceptors (Lipinski definition) is 5. The zero-order valence-electron chi connectivity index (χ0n) is 9.23. The molecule has 1 aromatic heterocycles. The zero-order chi connectivity index (χ0) is 11.5. The van der Waals surface area contributed by atoms with Crippen LogP contribution in [0.4, 0.5) is 5.69 Å². The number of aromatic nitrogens is 2. The van der Waals surface area contributed by atoms with E-state index in [1.807, 2.05) is 13.0 Å². The second-order valence-electron chi connectivity index (χ2n) is 3.33. The number of methoxy groups -OCH3 is 1. The van der Waals surface area contributed by atoms with Crippen LogP contribution < -0.4 is 10.5 Å². The van der Waals surface area contributed by atoms with Gasteiger partial charge in [0.2, 0.25) is 0 Å². The number of nitrogen functional groups attached to an aromatic ring is 1. The predicted octanol–water partition coefficient (Wildman–Crippen LogP) is 1.89. The maximum Gasteiger partial charge on any atom is 0.257 e. The fraction of sp³-hybridized carbons (Fsp3) is 0.273. The van der Waals surface area contributed by atoms with Gasteiger partial charge in [-0.05, 0) is 18.2 Å². The molecule has 0 aliphatic carbocycles. The normalized spacial score (nSPS) is 10.4. The van der Waals surface area contributed by atoms with Crippen LogP contribution in [0.2, 0.25) is 0 Å². The molecule has 0 saturated heterocycles. The van der Waals surface area contributed by atoms with Gasteiger partial charge in [-0.2, -0.15) is 4.98 Å². The molecule has 5 heteroatoms. The first-order valence-corrected chi connectivity index (χ1v) is 5.01. The minimum Gasteiger partial charge on any atom is -0.495 e. The molecule has 1 aromatic carbocycles. The van der Waals surface area contributed by atoms with Crippen LogP contribution in [0, 0.1) is 0 Å². The molecule has 0 bridgehead atoms. The fourth-order valence-electron chi connectivity index (χ4n) is 1.38. The van der Waals surface area contributed by atoms with Crippen LogP contribution in [0.3, 0.4) is 0 Å². The molecule has 5 nitrogen and oxygen atoms in total. The molecule has 0 radical (unpaired) electrons. The van der Waals surface area contributed by atoms with E-state index in [1.54, 1.807) is 19.2 Å². The monoisotopic (exact) mass is 219 g/mol. The predicted molar refractivity (Wildman–Crippen MR) is 60.1 cm³/mol. The van der Waals surface area contributed by atoms with E-state index in [-0.39, 0.29) is 0 Å². The number of aryl methyl sites for hydroxylation is 1. The summed E-state index contributed by atoms with van der Waals surface area (Å²) in [6, 6.07) is 5.37. The molecule has 0 atom stereocenters. The van der Waals surface area contributed by atoms with Crippen molar-refractivity contribution in [3.8, 4) is 17.2 Å². The summed E-state index contributed by atoms with van der Waals surface area (Å²) in [6.45, 7) is 1.97. The average molecular weight is 219 g/mol. The van der Waals surface area contributed by atoms with E-state index in [9.17, 15) is 0 Å². The molecule has 84 valence electrons. The van der Waals surface area contributed by atoms with Crippen molar-refractivity contribution < 1.29 is 9.26 Å². The maximum absolute atomic E-state index is 5.79. The first kappa shape index (κ1) is 10.5. The number of nitrogens with zero attached hydrogens (tertiary/aromatic N) is 2. The van der Waals surface area contributed by atoms with E-state index in [2.05, 4.69) is 10.1 Å². The molecule has 1 heterocycles. The Labute approximate surface area is 93.2 Å². The van der Waals surface area contributed by atoms with Gasteiger partial charge in [0.1, 0.15) is 5.75 Å². The van der Waals surface area contributed by atoms with Gasteiger partial charge in [-0.1, -0.05) is 12.1 Å². The molecule has 2 aromatic rings. The Balaban J connectivity index is 2.37. The number of ether oxygens (including phenoxy) is 1. The van der Waals surface area contributed by atoms with E-state index < -0.39 is 0 Å². The summed E-state index contributed by atoms with van der Waals surface area (Å²) >= 11 is 0. The lowest BCUT2D eigenvalue weighted by molar-refractivity contribution is 0.416. The Hall–Kier alpha value is -2.04. The molecule has 2 rings (SSSR count). The van der Waals surface area contributed by atoms with Gasteiger partial charge in [0, 0.05) is 12.0 Å². The van der Waals surface area contributed by atoms with Crippen LogP contribution in [0.25, 0.3) is 11.5 Å². The standard InChI is InChI=1S/C11H13N3O2/c1-3-10-13-11(16-14-10)7-4-5-9(15-2)8(12)6-7/h4-6H,3,12H2,1-2H3. The van der Waals surface area contributed by atoms with Crippen molar-refractivity contribution >= 4 is 5.69 Å². The minimum atomic E-state index is 0.478. The molecule has 0 unspecified atom stereocenters. The van der Waals surface area contributed by atoms with Crippen molar-refractivity contribution in [2.75, 3.05) is 12.8 Å². The van der Waals surface area contributed by atoms with Gasteiger partial charge < -0.3 is 15.0 Å². The Bertz CT molecular complexity index is 494. The molecule has 0 spiro atoms. The van der Waals surface area contributed by atoms with Crippen LogP contribution in [0.1, 0.15) is 12.7 Å². The summed E-state index contributed by atoms with van der Waals surface area (Å²) in [4.78, 5) is 4.22. The minimum absolute atomic E-state index is 0.478. The topological polar surface area (TPSA) is 74.2 Å². The van der Waals surface area contributed by atoms with Gasteiger partial charge in [-0.15, -0.1) is 0 Å². The zero-order valence-corrected chi connectivity index (χ0v) is 9.23. The van der Waals surface area contributed by atoms with Gasteiger partial charge in [-0.3, -0.25) is 0 Å². The van der Waals surface area contributed by atoms with E-state index in [0.717, 1.165) is 12.0 Å². The number of benzene rings is 1. The maximum atomic E-state index is 5.79. The number of anilines is 1. The summed E-state index contributed by atoms with van der Waals surface area (Å²) in [5.74, 6) is 1.80. The smallest absolute Gasteiger partial charge is 0.257 e. The molecule has 0 amide bonds. The van der Waals surface area contributed by atoms with Crippen LogP contribution in [-0.2, 0) is 6.42 Å². The van der Waals surface area contributed by atoms with Crippen molar-refractivity contribution in [2.24, 2.45) is 0 Å². The highest BCUT2D eigenvalue weighted by Gasteiger charge is 2.09. The summed E-state index contributed by atoms with van der Waals surface area (Å²) in [6.07, 6.45) is 0.745. The van der Waals surface area contributed by atoms with E-state index in [1.165, 1.54) is 0 Å². The lowest BCUT2D eigenvalue weighted by Crippen LogP contribution is -1.92. The van der Waals surface area contributed by atoms with Gasteiger partial charge >= 0.3 is 0 Å². The SMILES string of the molecule is CCc1noc(-c2ccc(OC)c(N)c2)n1. The average Bonchev–Trinajstić information content (AvgIpc) is 2.77. The van der Waals surface area contributed by atoms with Crippen molar-refractivity contribution in [2.45, 2.75) is 13.3 Å². The van der Waals surface area contributed by atoms with Crippen molar-refractivity contribution in [3.05, 3.63) is 24.0 Å². The Morgan fingerprint density at radius 3 is 2.81 bits per heavy atom. The first-order chi connectivity index (χ1) is 7.74. The highest BCUT2D eigenvalue weighted by molar-refractivity contribution is 5.65. The third-order valence-corrected chi connectivity index (χ3v) is 2.26. The molecule has 0 aliphatic rings. The Morgan fingerprint density at radius 1 is 1.44 bits per heavy atom. The highest BCUT2D eigenvalue weighted by atomic mass is 16.5. The molecule has 2 N–H and O–H groups in total. The van der Waals surface area contributed by atoms with Crippen LogP contribution >= 0.6 is 0 Å². The Kier molecular flexibility index (Phi) is 2.76. The second kappa shape index (κ2) is 4.22. The number of nitrogens with two attached hydrogens (primary N) is 1. The van der Waals surface area contributed by atoms with E-state index in [0.29, 0.717) is 23.2 Å². The molecule has 0 aliphatic heterocycles. The number of rotatable bonds is 3. The van der Waals surface area contributed by atoms with Gasteiger partial charge in [-0.25, -0.2) is 0 Å². The summed E-state index contributed by atoms with van der Waals surface area (Å²) < 4.78 is 10.2. The molecular weight excluding hydrogens is 206 g/mol. The largest absolute Gasteiger partial charge is 0.495 e. The molecule has 0 fully saturated rings. The fourth-order valence-corrected chi connectivity index (χ4v) is 1.38. The van der Waals surface area contributed by atoms with Crippen molar-refractivity contribution in [1.82, 2.24) is 10.1 Å². The van der Waals surface area contributed by atoms with Crippen LogP contribution in [0.15, 0.2) is 22.7 Å². The third-order valence-electron chi connectivity index (χ3n) is 2.26. The van der Waals surface area contributed by atoms with Gasteiger partial charge in [0.25, 0.3) is 5.89 Å². The summed E-state index contributed by atoms with van der Waals surface area (Å²) in [7, 11) is 1.58. The van der Waals surface area contributed by atoms with Gasteiger partial charge in [0.15, 0.2) is 5.82 Å². The van der Waals surface area contributed by atoms with E-state index >= 15 is 0 Å². The molecule has 16 heavy (non-hydrogen) atoms. The first-order valence-electron chi connectivity index (χ1n) is 5.01. The highest BCUT2D eigenvalue weighted by Crippen LogP contribution is 2.27. The third kappa shape index (κ3) is 1.84. The quantitative estimate of drug-likeness (QED) is 0.798. The van der Waals surface area contributed by atoms with Crippen LogP contribution in [-0.4, -0.2) is 17.3 Å². The molecule has 0 saturated carbocycles. The van der Waals surface area contributed by atoms with Crippen molar-refractivity contribution in [1.29, 1.82) is 0 Å².